The molecule has 0 atom stereocenters. The minimum absolute atomic E-state index is 0.148. The van der Waals surface area contributed by atoms with Crippen LogP contribution in [0.4, 0.5) is 15.8 Å². The summed E-state index contributed by atoms with van der Waals surface area (Å²) >= 11 is 7.27. The number of amides is 2. The second kappa shape index (κ2) is 8.14. The molecule has 2 N–H and O–H groups in total. The third-order valence-electron chi connectivity index (χ3n) is 4.10. The van der Waals surface area contributed by atoms with Crippen molar-refractivity contribution in [2.45, 2.75) is 4.90 Å². The number of carbonyl (C=O) groups excluding carboxylic acids is 2. The summed E-state index contributed by atoms with van der Waals surface area (Å²) in [4.78, 5) is 25.6. The highest BCUT2D eigenvalue weighted by atomic mass is 35.5. The van der Waals surface area contributed by atoms with Crippen LogP contribution in [0.3, 0.4) is 0 Å². The predicted octanol–water partition coefficient (Wildman–Crippen LogP) is 5.57. The van der Waals surface area contributed by atoms with Gasteiger partial charge in [-0.3, -0.25) is 9.59 Å². The SMILES string of the molecule is O=C(CSc1ccc(F)cc1)Nc1ccc2c(c1)C(=O)Nc1cc(Cl)ccc1O2. The van der Waals surface area contributed by atoms with Crippen molar-refractivity contribution >= 4 is 46.6 Å². The lowest BCUT2D eigenvalue weighted by molar-refractivity contribution is -0.113. The van der Waals surface area contributed by atoms with Gasteiger partial charge in [-0.25, -0.2) is 4.39 Å². The van der Waals surface area contributed by atoms with Crippen molar-refractivity contribution in [1.82, 2.24) is 0 Å². The van der Waals surface area contributed by atoms with Crippen molar-refractivity contribution in [2.75, 3.05) is 16.4 Å². The molecule has 1 heterocycles. The van der Waals surface area contributed by atoms with Gasteiger partial charge in [-0.15, -0.1) is 11.8 Å². The first-order chi connectivity index (χ1) is 14.0. The summed E-state index contributed by atoms with van der Waals surface area (Å²) in [5.41, 5.74) is 1.23. The van der Waals surface area contributed by atoms with Gasteiger partial charge in [0.15, 0.2) is 5.75 Å². The molecular weight excluding hydrogens is 415 g/mol. The molecule has 1 aliphatic rings. The highest BCUT2D eigenvalue weighted by molar-refractivity contribution is 8.00. The first-order valence-corrected chi connectivity index (χ1v) is 9.95. The summed E-state index contributed by atoms with van der Waals surface area (Å²) < 4.78 is 18.8. The number of ether oxygens (including phenoxy) is 1. The number of anilines is 2. The quantitative estimate of drug-likeness (QED) is 0.533. The van der Waals surface area contributed by atoms with Crippen molar-refractivity contribution in [2.24, 2.45) is 0 Å². The third-order valence-corrected chi connectivity index (χ3v) is 5.35. The summed E-state index contributed by atoms with van der Waals surface area (Å²) in [6, 6.07) is 15.7. The van der Waals surface area contributed by atoms with E-state index in [4.69, 9.17) is 16.3 Å². The van der Waals surface area contributed by atoms with Gasteiger partial charge in [0.05, 0.1) is 17.0 Å². The fourth-order valence-corrected chi connectivity index (χ4v) is 3.62. The van der Waals surface area contributed by atoms with Crippen LogP contribution in [0.25, 0.3) is 0 Å². The smallest absolute Gasteiger partial charge is 0.259 e. The third kappa shape index (κ3) is 4.52. The van der Waals surface area contributed by atoms with Gasteiger partial charge in [0.1, 0.15) is 11.6 Å². The van der Waals surface area contributed by atoms with Gasteiger partial charge in [0, 0.05) is 15.6 Å². The van der Waals surface area contributed by atoms with Crippen LogP contribution in [0, 0.1) is 5.82 Å². The van der Waals surface area contributed by atoms with Crippen molar-refractivity contribution in [3.63, 3.8) is 0 Å². The van der Waals surface area contributed by atoms with Gasteiger partial charge < -0.3 is 15.4 Å². The number of rotatable bonds is 4. The number of hydrogen-bond acceptors (Lipinski definition) is 4. The van der Waals surface area contributed by atoms with Crippen molar-refractivity contribution in [3.8, 4) is 11.5 Å². The molecule has 0 unspecified atom stereocenters. The molecule has 0 saturated heterocycles. The minimum atomic E-state index is -0.363. The van der Waals surface area contributed by atoms with Crippen LogP contribution in [0.2, 0.25) is 5.02 Å². The average molecular weight is 429 g/mol. The van der Waals surface area contributed by atoms with E-state index in [-0.39, 0.29) is 23.4 Å². The molecular formula is C21H14ClFN2O3S. The Hall–Kier alpha value is -3.03. The molecule has 0 saturated carbocycles. The van der Waals surface area contributed by atoms with Crippen LogP contribution in [-0.4, -0.2) is 17.6 Å². The number of thioether (sulfide) groups is 1. The molecule has 0 spiro atoms. The van der Waals surface area contributed by atoms with Crippen LogP contribution in [0.5, 0.6) is 11.5 Å². The van der Waals surface area contributed by atoms with Gasteiger partial charge >= 0.3 is 0 Å². The fraction of sp³-hybridized carbons (Fsp3) is 0.0476. The Balaban J connectivity index is 1.46. The number of carbonyl (C=O) groups is 2. The zero-order chi connectivity index (χ0) is 20.4. The normalized spacial score (nSPS) is 12.1. The lowest BCUT2D eigenvalue weighted by Crippen LogP contribution is -2.15. The van der Waals surface area contributed by atoms with E-state index in [1.54, 1.807) is 48.5 Å². The number of nitrogens with one attached hydrogen (secondary N) is 2. The molecule has 3 aromatic rings. The van der Waals surface area contributed by atoms with E-state index in [0.29, 0.717) is 33.5 Å². The number of fused-ring (bicyclic) bond motifs is 2. The van der Waals surface area contributed by atoms with Crippen molar-refractivity contribution in [3.05, 3.63) is 77.1 Å². The summed E-state index contributed by atoms with van der Waals surface area (Å²) in [6.07, 6.45) is 0. The largest absolute Gasteiger partial charge is 0.454 e. The van der Waals surface area contributed by atoms with E-state index in [9.17, 15) is 14.0 Å². The molecule has 146 valence electrons. The molecule has 29 heavy (non-hydrogen) atoms. The maximum absolute atomic E-state index is 12.9. The van der Waals surface area contributed by atoms with E-state index >= 15 is 0 Å². The zero-order valence-corrected chi connectivity index (χ0v) is 16.4. The Bertz CT molecular complexity index is 1110. The molecule has 0 aliphatic carbocycles. The van der Waals surface area contributed by atoms with Crippen LogP contribution in [0.15, 0.2) is 65.6 Å². The van der Waals surface area contributed by atoms with Gasteiger partial charge in [-0.1, -0.05) is 11.6 Å². The van der Waals surface area contributed by atoms with Crippen molar-refractivity contribution in [1.29, 1.82) is 0 Å². The Kier molecular flexibility index (Phi) is 5.42. The molecule has 2 amide bonds. The predicted molar refractivity (Wildman–Crippen MR) is 112 cm³/mol. The fourth-order valence-electron chi connectivity index (χ4n) is 2.75. The topological polar surface area (TPSA) is 67.4 Å². The summed E-state index contributed by atoms with van der Waals surface area (Å²) in [7, 11) is 0. The molecule has 1 aliphatic heterocycles. The molecule has 0 radical (unpaired) electrons. The second-order valence-corrected chi connectivity index (χ2v) is 7.68. The minimum Gasteiger partial charge on any atom is -0.454 e. The molecule has 0 fully saturated rings. The van der Waals surface area contributed by atoms with E-state index in [1.165, 1.54) is 23.9 Å². The lowest BCUT2D eigenvalue weighted by Gasteiger charge is -2.10. The molecule has 5 nitrogen and oxygen atoms in total. The molecule has 3 aromatic carbocycles. The van der Waals surface area contributed by atoms with E-state index in [1.807, 2.05) is 0 Å². The monoisotopic (exact) mass is 428 g/mol. The first kappa shape index (κ1) is 19.3. The average Bonchev–Trinajstić information content (AvgIpc) is 2.83. The molecule has 4 rings (SSSR count). The Morgan fingerprint density at radius 3 is 2.62 bits per heavy atom. The van der Waals surface area contributed by atoms with Crippen LogP contribution >= 0.6 is 23.4 Å². The standard InChI is InChI=1S/C21H14ClFN2O3S/c22-12-1-7-19-17(9-12)25-21(27)16-10-14(4-8-18(16)28-19)24-20(26)11-29-15-5-2-13(23)3-6-15/h1-10H,11H2,(H,24,26)(H,25,27). The lowest BCUT2D eigenvalue weighted by atomic mass is 10.1. The molecule has 8 heteroatoms. The second-order valence-electron chi connectivity index (χ2n) is 6.20. The van der Waals surface area contributed by atoms with E-state index in [0.717, 1.165) is 4.90 Å². The van der Waals surface area contributed by atoms with Gasteiger partial charge in [0.25, 0.3) is 5.91 Å². The van der Waals surface area contributed by atoms with Crippen molar-refractivity contribution < 1.29 is 18.7 Å². The first-order valence-electron chi connectivity index (χ1n) is 8.59. The zero-order valence-electron chi connectivity index (χ0n) is 14.9. The number of hydrogen-bond donors (Lipinski definition) is 2. The van der Waals surface area contributed by atoms with E-state index in [2.05, 4.69) is 10.6 Å². The number of halogens is 2. The Labute approximate surface area is 175 Å². The maximum atomic E-state index is 12.9. The summed E-state index contributed by atoms with van der Waals surface area (Å²) in [6.45, 7) is 0. The highest BCUT2D eigenvalue weighted by Gasteiger charge is 2.21. The highest BCUT2D eigenvalue weighted by Crippen LogP contribution is 2.38. The Morgan fingerprint density at radius 1 is 1.07 bits per heavy atom. The Morgan fingerprint density at radius 2 is 1.83 bits per heavy atom. The van der Waals surface area contributed by atoms with Gasteiger partial charge in [-0.05, 0) is 60.7 Å². The van der Waals surface area contributed by atoms with E-state index < -0.39 is 0 Å². The molecule has 0 aromatic heterocycles. The van der Waals surface area contributed by atoms with Crippen LogP contribution < -0.4 is 15.4 Å². The van der Waals surface area contributed by atoms with Gasteiger partial charge in [0.2, 0.25) is 5.91 Å². The van der Waals surface area contributed by atoms with Crippen LogP contribution in [-0.2, 0) is 4.79 Å². The maximum Gasteiger partial charge on any atom is 0.259 e. The number of benzene rings is 3. The molecule has 0 bridgehead atoms. The van der Waals surface area contributed by atoms with Gasteiger partial charge in [-0.2, -0.15) is 0 Å². The van der Waals surface area contributed by atoms with Crippen LogP contribution in [0.1, 0.15) is 10.4 Å². The summed E-state index contributed by atoms with van der Waals surface area (Å²) in [5.74, 6) is 0.0713. The summed E-state index contributed by atoms with van der Waals surface area (Å²) in [5, 5.41) is 5.99.